The molecule has 1 heterocycles. The minimum atomic E-state index is 0.232. The molecule has 0 spiro atoms. The summed E-state index contributed by atoms with van der Waals surface area (Å²) >= 11 is 0. The number of nitrogens with zero attached hydrogens (tertiary/aromatic N) is 1. The van der Waals surface area contributed by atoms with Gasteiger partial charge in [0.05, 0.1) is 0 Å². The molecular formula is C13H26N2. The van der Waals surface area contributed by atoms with Crippen LogP contribution in [-0.2, 0) is 0 Å². The summed E-state index contributed by atoms with van der Waals surface area (Å²) in [5.74, 6) is 0. The Hall–Kier alpha value is -0.340. The van der Waals surface area contributed by atoms with Crippen LogP contribution in [0.4, 0.5) is 0 Å². The molecule has 15 heavy (non-hydrogen) atoms. The van der Waals surface area contributed by atoms with Gasteiger partial charge in [-0.25, -0.2) is 0 Å². The molecule has 1 rings (SSSR count). The van der Waals surface area contributed by atoms with Crippen molar-refractivity contribution in [1.82, 2.24) is 10.2 Å². The largest absolute Gasteiger partial charge is 0.311 e. The summed E-state index contributed by atoms with van der Waals surface area (Å²) in [6.45, 7) is 14.6. The lowest BCUT2D eigenvalue weighted by Gasteiger charge is -2.33. The molecule has 0 radical (unpaired) electrons. The predicted octanol–water partition coefficient (Wildman–Crippen LogP) is 2.42. The zero-order chi connectivity index (χ0) is 11.5. The predicted molar refractivity (Wildman–Crippen MR) is 67.2 cm³/mol. The highest BCUT2D eigenvalue weighted by molar-refractivity contribution is 5.04. The summed E-state index contributed by atoms with van der Waals surface area (Å²) in [6.07, 6.45) is 3.59. The van der Waals surface area contributed by atoms with Crippen LogP contribution in [0.2, 0.25) is 0 Å². The minimum Gasteiger partial charge on any atom is -0.311 e. The van der Waals surface area contributed by atoms with Crippen LogP contribution in [0.25, 0.3) is 0 Å². The highest BCUT2D eigenvalue weighted by atomic mass is 15.2. The lowest BCUT2D eigenvalue weighted by molar-refractivity contribution is 0.208. The van der Waals surface area contributed by atoms with E-state index < -0.39 is 0 Å². The Bertz CT molecular complexity index is 225. The van der Waals surface area contributed by atoms with Crippen LogP contribution in [0.5, 0.6) is 0 Å². The van der Waals surface area contributed by atoms with Gasteiger partial charge in [-0.1, -0.05) is 11.6 Å². The molecule has 0 aliphatic carbocycles. The van der Waals surface area contributed by atoms with E-state index in [9.17, 15) is 0 Å². The van der Waals surface area contributed by atoms with Gasteiger partial charge in [-0.15, -0.1) is 0 Å². The highest BCUT2D eigenvalue weighted by Gasteiger charge is 2.17. The fourth-order valence-corrected chi connectivity index (χ4v) is 1.77. The van der Waals surface area contributed by atoms with Gasteiger partial charge in [0.15, 0.2) is 0 Å². The first-order valence-corrected chi connectivity index (χ1v) is 6.03. The van der Waals surface area contributed by atoms with Crippen LogP contribution in [0.3, 0.4) is 0 Å². The molecule has 0 bridgehead atoms. The molecule has 2 nitrogen and oxygen atoms in total. The third-order valence-electron chi connectivity index (χ3n) is 3.02. The van der Waals surface area contributed by atoms with Crippen molar-refractivity contribution >= 4 is 0 Å². The van der Waals surface area contributed by atoms with Crippen LogP contribution in [0, 0.1) is 0 Å². The fraction of sp³-hybridized carbons (Fsp3) is 0.846. The smallest absolute Gasteiger partial charge is 0.0195 e. The van der Waals surface area contributed by atoms with Gasteiger partial charge in [-0.2, -0.15) is 0 Å². The lowest BCUT2D eigenvalue weighted by Crippen LogP contribution is -2.47. The normalized spacial score (nSPS) is 21.3. The van der Waals surface area contributed by atoms with Crippen molar-refractivity contribution in [2.24, 2.45) is 0 Å². The molecule has 1 atom stereocenters. The van der Waals surface area contributed by atoms with Crippen molar-refractivity contribution in [3.63, 3.8) is 0 Å². The van der Waals surface area contributed by atoms with Crippen LogP contribution >= 0.6 is 0 Å². The Morgan fingerprint density at radius 3 is 2.60 bits per heavy atom. The van der Waals surface area contributed by atoms with E-state index in [0.717, 1.165) is 13.1 Å². The molecule has 2 heteroatoms. The molecule has 0 aromatic carbocycles. The number of nitrogens with one attached hydrogen (secondary N) is 1. The van der Waals surface area contributed by atoms with Gasteiger partial charge >= 0.3 is 0 Å². The first kappa shape index (κ1) is 12.7. The van der Waals surface area contributed by atoms with E-state index in [0.29, 0.717) is 6.04 Å². The maximum atomic E-state index is 3.57. The third kappa shape index (κ3) is 4.80. The second kappa shape index (κ2) is 5.13. The van der Waals surface area contributed by atoms with Crippen LogP contribution < -0.4 is 5.32 Å². The molecule has 1 aliphatic rings. The van der Waals surface area contributed by atoms with E-state index in [2.05, 4.69) is 50.9 Å². The summed E-state index contributed by atoms with van der Waals surface area (Å²) in [7, 11) is 0. The summed E-state index contributed by atoms with van der Waals surface area (Å²) < 4.78 is 0. The molecule has 0 aromatic rings. The second-order valence-corrected chi connectivity index (χ2v) is 5.78. The molecule has 1 N–H and O–H groups in total. The second-order valence-electron chi connectivity index (χ2n) is 5.78. The van der Waals surface area contributed by atoms with E-state index in [4.69, 9.17) is 0 Å². The fourth-order valence-electron chi connectivity index (χ4n) is 1.77. The van der Waals surface area contributed by atoms with Gasteiger partial charge in [0.1, 0.15) is 0 Å². The molecule has 0 saturated carbocycles. The van der Waals surface area contributed by atoms with Gasteiger partial charge in [-0.3, -0.25) is 4.90 Å². The molecule has 1 unspecified atom stereocenters. The van der Waals surface area contributed by atoms with Crippen molar-refractivity contribution < 1.29 is 0 Å². The summed E-state index contributed by atoms with van der Waals surface area (Å²) in [5.41, 5.74) is 1.78. The van der Waals surface area contributed by atoms with Gasteiger partial charge < -0.3 is 5.32 Å². The Kier molecular flexibility index (Phi) is 4.35. The monoisotopic (exact) mass is 210 g/mol. The lowest BCUT2D eigenvalue weighted by atomic mass is 10.1. The van der Waals surface area contributed by atoms with E-state index in [-0.39, 0.29) is 5.54 Å². The molecule has 0 aromatic heterocycles. The first-order valence-electron chi connectivity index (χ1n) is 6.03. The molecule has 0 fully saturated rings. The Labute approximate surface area is 94.7 Å². The van der Waals surface area contributed by atoms with Crippen LogP contribution in [-0.4, -0.2) is 36.1 Å². The highest BCUT2D eigenvalue weighted by Crippen LogP contribution is 2.12. The van der Waals surface area contributed by atoms with E-state index >= 15 is 0 Å². The molecular weight excluding hydrogens is 184 g/mol. The van der Waals surface area contributed by atoms with Gasteiger partial charge in [0.25, 0.3) is 0 Å². The van der Waals surface area contributed by atoms with Crippen molar-refractivity contribution in [2.45, 2.75) is 52.6 Å². The van der Waals surface area contributed by atoms with Crippen molar-refractivity contribution in [3.05, 3.63) is 11.6 Å². The van der Waals surface area contributed by atoms with Crippen molar-refractivity contribution in [1.29, 1.82) is 0 Å². The van der Waals surface area contributed by atoms with Crippen LogP contribution in [0.1, 0.15) is 41.0 Å². The van der Waals surface area contributed by atoms with E-state index in [1.165, 1.54) is 13.0 Å². The summed E-state index contributed by atoms with van der Waals surface area (Å²) in [4.78, 5) is 2.55. The minimum absolute atomic E-state index is 0.232. The number of hydrogen-bond acceptors (Lipinski definition) is 2. The molecule has 0 amide bonds. The van der Waals surface area contributed by atoms with E-state index in [1.807, 2.05) is 0 Å². The zero-order valence-electron chi connectivity index (χ0n) is 10.9. The van der Waals surface area contributed by atoms with Gasteiger partial charge in [0.2, 0.25) is 0 Å². The Balaban J connectivity index is 2.32. The van der Waals surface area contributed by atoms with Gasteiger partial charge in [0, 0.05) is 31.2 Å². The number of rotatable bonds is 3. The SMILES string of the molecule is CC1=CCN(C(C)CNC(C)(C)C)CC1. The molecule has 88 valence electrons. The van der Waals surface area contributed by atoms with Crippen molar-refractivity contribution in [3.8, 4) is 0 Å². The zero-order valence-corrected chi connectivity index (χ0v) is 10.9. The standard InChI is InChI=1S/C13H26N2/c1-11-6-8-15(9-7-11)12(2)10-14-13(3,4)5/h6,12,14H,7-10H2,1-5H3. The number of hydrogen-bond donors (Lipinski definition) is 1. The first-order chi connectivity index (χ1) is 6.88. The maximum Gasteiger partial charge on any atom is 0.0195 e. The topological polar surface area (TPSA) is 15.3 Å². The van der Waals surface area contributed by atoms with Crippen LogP contribution in [0.15, 0.2) is 11.6 Å². The van der Waals surface area contributed by atoms with Gasteiger partial charge in [-0.05, 0) is 41.0 Å². The average molecular weight is 210 g/mol. The average Bonchev–Trinajstić information content (AvgIpc) is 2.14. The van der Waals surface area contributed by atoms with E-state index in [1.54, 1.807) is 5.57 Å². The Morgan fingerprint density at radius 1 is 1.47 bits per heavy atom. The molecule has 1 aliphatic heterocycles. The van der Waals surface area contributed by atoms with Crippen molar-refractivity contribution in [2.75, 3.05) is 19.6 Å². The molecule has 0 saturated heterocycles. The third-order valence-corrected chi connectivity index (χ3v) is 3.02. The Morgan fingerprint density at radius 2 is 2.13 bits per heavy atom. The maximum absolute atomic E-state index is 3.57. The summed E-state index contributed by atoms with van der Waals surface area (Å²) in [6, 6.07) is 0.633. The summed E-state index contributed by atoms with van der Waals surface area (Å²) in [5, 5.41) is 3.57. The quantitative estimate of drug-likeness (QED) is 0.720.